The molecule has 1 aromatic heterocycles. The molecular weight excluding hydrogens is 375 g/mol. The van der Waals surface area contributed by atoms with Crippen LogP contribution in [0.15, 0.2) is 36.7 Å². The van der Waals surface area contributed by atoms with Crippen molar-refractivity contribution >= 4 is 5.91 Å². The number of halogens is 1. The van der Waals surface area contributed by atoms with Crippen LogP contribution in [0.5, 0.6) is 0 Å². The molecule has 0 spiro atoms. The van der Waals surface area contributed by atoms with Crippen LogP contribution >= 0.6 is 0 Å². The van der Waals surface area contributed by atoms with Gasteiger partial charge in [-0.15, -0.1) is 0 Å². The van der Waals surface area contributed by atoms with Crippen LogP contribution in [0.25, 0.3) is 11.1 Å². The zero-order chi connectivity index (χ0) is 20.9. The van der Waals surface area contributed by atoms with Gasteiger partial charge < -0.3 is 5.32 Å². The first kappa shape index (κ1) is 21.0. The van der Waals surface area contributed by atoms with Gasteiger partial charge in [0.25, 0.3) is 5.91 Å². The summed E-state index contributed by atoms with van der Waals surface area (Å²) in [7, 11) is 0. The van der Waals surface area contributed by atoms with Crippen LogP contribution in [0.4, 0.5) is 4.39 Å². The molecule has 160 valence electrons. The fourth-order valence-corrected chi connectivity index (χ4v) is 5.47. The maximum Gasteiger partial charge on any atom is 0.253 e. The summed E-state index contributed by atoms with van der Waals surface area (Å²) in [6, 6.07) is 7.03. The molecular formula is C26H33FN2O. The third kappa shape index (κ3) is 5.08. The summed E-state index contributed by atoms with van der Waals surface area (Å²) < 4.78 is 13.9. The van der Waals surface area contributed by atoms with E-state index in [4.69, 9.17) is 0 Å². The van der Waals surface area contributed by atoms with E-state index in [-0.39, 0.29) is 17.8 Å². The Hall–Kier alpha value is -2.23. The molecule has 2 aliphatic rings. The van der Waals surface area contributed by atoms with Gasteiger partial charge in [0.05, 0.1) is 5.56 Å². The lowest BCUT2D eigenvalue weighted by molar-refractivity contribution is 0.0860. The van der Waals surface area contributed by atoms with E-state index in [2.05, 4.69) is 10.3 Å². The van der Waals surface area contributed by atoms with Crippen LogP contribution in [-0.4, -0.2) is 16.9 Å². The van der Waals surface area contributed by atoms with Crippen molar-refractivity contribution in [1.82, 2.24) is 10.3 Å². The van der Waals surface area contributed by atoms with Crippen LogP contribution in [0.3, 0.4) is 0 Å². The summed E-state index contributed by atoms with van der Waals surface area (Å²) in [5.41, 5.74) is 2.95. The molecule has 0 bridgehead atoms. The van der Waals surface area contributed by atoms with Crippen LogP contribution in [0.1, 0.15) is 80.1 Å². The molecule has 0 aliphatic heterocycles. The van der Waals surface area contributed by atoms with E-state index >= 15 is 0 Å². The zero-order valence-electron chi connectivity index (χ0n) is 18.0. The zero-order valence-corrected chi connectivity index (χ0v) is 18.0. The molecule has 1 heterocycles. The summed E-state index contributed by atoms with van der Waals surface area (Å²) in [6.45, 7) is 1.87. The van der Waals surface area contributed by atoms with Gasteiger partial charge in [-0.3, -0.25) is 9.78 Å². The highest BCUT2D eigenvalue weighted by molar-refractivity contribution is 5.95. The molecule has 1 N–H and O–H groups in total. The normalized spacial score (nSPS) is 18.5. The lowest BCUT2D eigenvalue weighted by Crippen LogP contribution is -2.46. The van der Waals surface area contributed by atoms with E-state index in [1.54, 1.807) is 12.4 Å². The fraction of sp³-hybridized carbons (Fsp3) is 0.538. The first-order chi connectivity index (χ1) is 14.6. The van der Waals surface area contributed by atoms with E-state index in [0.29, 0.717) is 17.4 Å². The Morgan fingerprint density at radius 2 is 1.53 bits per heavy atom. The number of rotatable bonds is 5. The van der Waals surface area contributed by atoms with Gasteiger partial charge in [-0.2, -0.15) is 0 Å². The minimum Gasteiger partial charge on any atom is -0.349 e. The number of carbonyl (C=O) groups is 1. The highest BCUT2D eigenvalue weighted by atomic mass is 19.1. The Labute approximate surface area is 179 Å². The highest BCUT2D eigenvalue weighted by Gasteiger charge is 2.32. The monoisotopic (exact) mass is 408 g/mol. The van der Waals surface area contributed by atoms with E-state index in [1.807, 2.05) is 19.1 Å². The third-order valence-corrected chi connectivity index (χ3v) is 6.99. The van der Waals surface area contributed by atoms with Gasteiger partial charge in [0.15, 0.2) is 0 Å². The van der Waals surface area contributed by atoms with Crippen LogP contribution in [0.2, 0.25) is 0 Å². The van der Waals surface area contributed by atoms with Gasteiger partial charge >= 0.3 is 0 Å². The lowest BCUT2D eigenvalue weighted by atomic mass is 9.73. The van der Waals surface area contributed by atoms with Crippen molar-refractivity contribution in [2.24, 2.45) is 11.8 Å². The predicted molar refractivity (Wildman–Crippen MR) is 119 cm³/mol. The number of pyridine rings is 1. The van der Waals surface area contributed by atoms with Gasteiger partial charge in [0.1, 0.15) is 5.82 Å². The molecule has 0 radical (unpaired) electrons. The van der Waals surface area contributed by atoms with Gasteiger partial charge in [0.2, 0.25) is 0 Å². The quantitative estimate of drug-likeness (QED) is 0.617. The molecule has 2 aromatic rings. The molecule has 3 nitrogen and oxygen atoms in total. The molecule has 4 heteroatoms. The topological polar surface area (TPSA) is 42.0 Å². The predicted octanol–water partition coefficient (Wildman–Crippen LogP) is 6.46. The summed E-state index contributed by atoms with van der Waals surface area (Å²) in [5.74, 6) is 0.869. The second kappa shape index (κ2) is 9.72. The van der Waals surface area contributed by atoms with Gasteiger partial charge in [-0.05, 0) is 73.8 Å². The van der Waals surface area contributed by atoms with Crippen molar-refractivity contribution in [2.45, 2.75) is 77.2 Å². The van der Waals surface area contributed by atoms with Crippen molar-refractivity contribution in [3.8, 4) is 11.1 Å². The summed E-state index contributed by atoms with van der Waals surface area (Å²) in [4.78, 5) is 17.5. The Morgan fingerprint density at radius 1 is 0.900 bits per heavy atom. The molecule has 0 unspecified atom stereocenters. The first-order valence-corrected chi connectivity index (χ1v) is 11.6. The van der Waals surface area contributed by atoms with Crippen LogP contribution in [-0.2, 0) is 0 Å². The average Bonchev–Trinajstić information content (AvgIpc) is 2.78. The van der Waals surface area contributed by atoms with Crippen LogP contribution < -0.4 is 5.32 Å². The van der Waals surface area contributed by atoms with Crippen LogP contribution in [0, 0.1) is 24.6 Å². The number of hydrogen-bond donors (Lipinski definition) is 1. The Kier molecular flexibility index (Phi) is 6.81. The Bertz CT molecular complexity index is 831. The van der Waals surface area contributed by atoms with Gasteiger partial charge in [0, 0.05) is 24.0 Å². The Morgan fingerprint density at radius 3 is 2.13 bits per heavy atom. The highest BCUT2D eigenvalue weighted by Crippen LogP contribution is 2.36. The van der Waals surface area contributed by atoms with Crippen molar-refractivity contribution in [3.05, 3.63) is 53.6 Å². The lowest BCUT2D eigenvalue weighted by Gasteiger charge is -2.38. The molecule has 2 fully saturated rings. The minimum atomic E-state index is -0.269. The number of aryl methyl sites for hydroxylation is 1. The number of amides is 1. The molecule has 2 aliphatic carbocycles. The van der Waals surface area contributed by atoms with Crippen molar-refractivity contribution in [2.75, 3.05) is 0 Å². The minimum absolute atomic E-state index is 0.0429. The third-order valence-electron chi connectivity index (χ3n) is 6.99. The molecule has 1 amide bonds. The number of hydrogen-bond acceptors (Lipinski definition) is 2. The Balaban J connectivity index is 1.54. The molecule has 30 heavy (non-hydrogen) atoms. The maximum atomic E-state index is 13.9. The number of nitrogens with zero attached hydrogens (tertiary/aromatic N) is 1. The molecule has 1 aromatic carbocycles. The number of aromatic nitrogens is 1. The molecule has 4 rings (SSSR count). The molecule has 2 saturated carbocycles. The molecule has 0 atom stereocenters. The summed E-state index contributed by atoms with van der Waals surface area (Å²) in [6.07, 6.45) is 16.0. The second-order valence-electron chi connectivity index (χ2n) is 9.27. The fourth-order valence-electron chi connectivity index (χ4n) is 5.47. The summed E-state index contributed by atoms with van der Waals surface area (Å²) in [5, 5.41) is 3.42. The maximum absolute atomic E-state index is 13.9. The second-order valence-corrected chi connectivity index (χ2v) is 9.27. The van der Waals surface area contributed by atoms with E-state index < -0.39 is 0 Å². The SMILES string of the molecule is Cc1cc(F)cc(-c2cncc(C(=O)NC(C3CCCCC3)C3CCCCC3)c2)c1. The van der Waals surface area contributed by atoms with E-state index in [1.165, 1.54) is 76.3 Å². The van der Waals surface area contributed by atoms with E-state index in [0.717, 1.165) is 16.7 Å². The molecule has 0 saturated heterocycles. The van der Waals surface area contributed by atoms with Gasteiger partial charge in [-0.1, -0.05) is 44.6 Å². The number of carbonyl (C=O) groups excluding carboxylic acids is 1. The number of benzene rings is 1. The average molecular weight is 409 g/mol. The van der Waals surface area contributed by atoms with E-state index in [9.17, 15) is 9.18 Å². The van der Waals surface area contributed by atoms with Crippen molar-refractivity contribution in [3.63, 3.8) is 0 Å². The van der Waals surface area contributed by atoms with Gasteiger partial charge in [-0.25, -0.2) is 4.39 Å². The smallest absolute Gasteiger partial charge is 0.253 e. The first-order valence-electron chi connectivity index (χ1n) is 11.6. The largest absolute Gasteiger partial charge is 0.349 e. The number of nitrogens with one attached hydrogen (secondary N) is 1. The standard InChI is InChI=1S/C26H33FN2O/c1-18-12-21(15-24(27)13-18)22-14-23(17-28-16-22)26(30)29-25(19-8-4-2-5-9-19)20-10-6-3-7-11-20/h12-17,19-20,25H,2-11H2,1H3,(H,29,30). The summed E-state index contributed by atoms with van der Waals surface area (Å²) >= 11 is 0. The van der Waals surface area contributed by atoms with Crippen molar-refractivity contribution < 1.29 is 9.18 Å². The van der Waals surface area contributed by atoms with Crippen molar-refractivity contribution in [1.29, 1.82) is 0 Å².